The first kappa shape index (κ1) is 17.2. The van der Waals surface area contributed by atoms with E-state index < -0.39 is 0 Å². The number of pyridine rings is 1. The lowest BCUT2D eigenvalue weighted by Crippen LogP contribution is -1.91. The number of hydrogen-bond acceptors (Lipinski definition) is 1. The molecule has 0 aliphatic carbocycles. The molecule has 0 aliphatic rings. The summed E-state index contributed by atoms with van der Waals surface area (Å²) in [6.45, 7) is 0. The number of nitrogens with zero attached hydrogens (tertiary/aromatic N) is 1. The van der Waals surface area contributed by atoms with Gasteiger partial charge in [0.05, 0.1) is 21.3 Å². The Morgan fingerprint density at radius 1 is 0.571 bits per heavy atom. The Morgan fingerprint density at radius 3 is 2.18 bits per heavy atom. The lowest BCUT2D eigenvalue weighted by Gasteiger charge is -2.13. The van der Waals surface area contributed by atoms with E-state index >= 15 is 0 Å². The summed E-state index contributed by atoms with van der Waals surface area (Å²) in [6.07, 6.45) is 0. The number of fused-ring (bicyclic) bond motifs is 3. The van der Waals surface area contributed by atoms with Crippen molar-refractivity contribution in [3.63, 3.8) is 0 Å². The first-order valence-corrected chi connectivity index (χ1v) is 9.80. The molecule has 0 aliphatic heterocycles. The fraction of sp³-hybridized carbons (Fsp3) is 0. The molecule has 0 unspecified atom stereocenters. The van der Waals surface area contributed by atoms with Crippen LogP contribution in [0.4, 0.5) is 0 Å². The molecule has 5 rings (SSSR count). The van der Waals surface area contributed by atoms with E-state index in [-0.39, 0.29) is 0 Å². The third-order valence-corrected chi connectivity index (χ3v) is 5.74. The fourth-order valence-electron chi connectivity index (χ4n) is 3.62. The van der Waals surface area contributed by atoms with E-state index in [4.69, 9.17) is 28.2 Å². The predicted octanol–water partition coefficient (Wildman–Crippen LogP) is 8.03. The van der Waals surface area contributed by atoms with Crippen LogP contribution in [0.3, 0.4) is 0 Å². The lowest BCUT2D eigenvalue weighted by molar-refractivity contribution is 1.41. The number of benzene rings is 4. The van der Waals surface area contributed by atoms with Crippen molar-refractivity contribution in [1.82, 2.24) is 4.98 Å². The molecule has 0 spiro atoms. The maximum atomic E-state index is 6.27. The molecule has 28 heavy (non-hydrogen) atoms. The molecular weight excluding hydrogens is 385 g/mol. The smallest absolute Gasteiger partial charge is 0.0794 e. The van der Waals surface area contributed by atoms with E-state index in [2.05, 4.69) is 66.7 Å². The van der Waals surface area contributed by atoms with E-state index in [1.54, 1.807) is 0 Å². The van der Waals surface area contributed by atoms with Gasteiger partial charge in [0.2, 0.25) is 0 Å². The van der Waals surface area contributed by atoms with Crippen molar-refractivity contribution in [2.24, 2.45) is 0 Å². The Morgan fingerprint density at radius 2 is 1.36 bits per heavy atom. The molecule has 1 nitrogen and oxygen atoms in total. The third-order valence-electron chi connectivity index (χ3n) is 5.00. The highest BCUT2D eigenvalue weighted by Crippen LogP contribution is 2.36. The molecule has 1 aromatic heterocycles. The van der Waals surface area contributed by atoms with Crippen LogP contribution in [0.25, 0.3) is 44.1 Å². The van der Waals surface area contributed by atoms with Gasteiger partial charge in [-0.05, 0) is 34.7 Å². The minimum atomic E-state index is 0.528. The Kier molecular flexibility index (Phi) is 4.27. The maximum absolute atomic E-state index is 6.27. The summed E-state index contributed by atoms with van der Waals surface area (Å²) >= 11 is 12.4. The van der Waals surface area contributed by atoms with E-state index in [9.17, 15) is 0 Å². The van der Waals surface area contributed by atoms with Crippen molar-refractivity contribution >= 4 is 44.9 Å². The molecule has 4 aromatic carbocycles. The van der Waals surface area contributed by atoms with Gasteiger partial charge in [-0.2, -0.15) is 0 Å². The summed E-state index contributed by atoms with van der Waals surface area (Å²) in [5, 5.41) is 4.51. The molecular formula is C25H15Cl2N. The topological polar surface area (TPSA) is 12.9 Å². The van der Waals surface area contributed by atoms with Crippen molar-refractivity contribution in [1.29, 1.82) is 0 Å². The van der Waals surface area contributed by atoms with Gasteiger partial charge in [-0.15, -0.1) is 0 Å². The zero-order valence-electron chi connectivity index (χ0n) is 14.9. The van der Waals surface area contributed by atoms with Gasteiger partial charge in [-0.3, -0.25) is 0 Å². The van der Waals surface area contributed by atoms with Crippen LogP contribution >= 0.6 is 23.2 Å². The molecule has 0 fully saturated rings. The van der Waals surface area contributed by atoms with E-state index in [0.29, 0.717) is 10.0 Å². The molecule has 1 heterocycles. The number of aromatic nitrogens is 1. The first-order chi connectivity index (χ1) is 13.7. The van der Waals surface area contributed by atoms with Crippen LogP contribution in [0.5, 0.6) is 0 Å². The minimum absolute atomic E-state index is 0.528. The quantitative estimate of drug-likeness (QED) is 0.273. The summed E-state index contributed by atoms with van der Waals surface area (Å²) < 4.78 is 0. The predicted molar refractivity (Wildman–Crippen MR) is 120 cm³/mol. The molecule has 3 heteroatoms. The van der Waals surface area contributed by atoms with Crippen LogP contribution in [0.2, 0.25) is 10.0 Å². The number of halogens is 2. The SMILES string of the molecule is Clc1ccc(-c2cc(-c3ccccc3)c3ccc4ccccc4c3n2)cc1Cl. The average Bonchev–Trinajstić information content (AvgIpc) is 2.75. The molecule has 134 valence electrons. The zero-order chi connectivity index (χ0) is 19.1. The fourth-order valence-corrected chi connectivity index (χ4v) is 3.92. The van der Waals surface area contributed by atoms with Gasteiger partial charge in [-0.1, -0.05) is 96.0 Å². The zero-order valence-corrected chi connectivity index (χ0v) is 16.4. The number of hydrogen-bond donors (Lipinski definition) is 0. The third kappa shape index (κ3) is 2.93. The van der Waals surface area contributed by atoms with Crippen molar-refractivity contribution in [2.75, 3.05) is 0 Å². The molecule has 0 amide bonds. The first-order valence-electron chi connectivity index (χ1n) is 9.04. The minimum Gasteiger partial charge on any atom is -0.247 e. The van der Waals surface area contributed by atoms with Crippen LogP contribution < -0.4 is 0 Å². The van der Waals surface area contributed by atoms with Gasteiger partial charge in [-0.25, -0.2) is 4.98 Å². The van der Waals surface area contributed by atoms with Gasteiger partial charge in [0, 0.05) is 16.3 Å². The van der Waals surface area contributed by atoms with Crippen LogP contribution in [0.15, 0.2) is 91.0 Å². The maximum Gasteiger partial charge on any atom is 0.0794 e. The van der Waals surface area contributed by atoms with E-state index in [1.165, 1.54) is 5.39 Å². The molecule has 0 atom stereocenters. The van der Waals surface area contributed by atoms with Crippen LogP contribution in [0, 0.1) is 0 Å². The van der Waals surface area contributed by atoms with E-state index in [0.717, 1.165) is 38.7 Å². The summed E-state index contributed by atoms with van der Waals surface area (Å²) in [4.78, 5) is 5.03. The number of rotatable bonds is 2. The van der Waals surface area contributed by atoms with Gasteiger partial charge in [0.15, 0.2) is 0 Å². The molecule has 0 saturated heterocycles. The summed E-state index contributed by atoms with van der Waals surface area (Å²) in [7, 11) is 0. The Balaban J connectivity index is 1.89. The summed E-state index contributed by atoms with van der Waals surface area (Å²) in [5.74, 6) is 0. The Bertz CT molecular complexity index is 1330. The monoisotopic (exact) mass is 399 g/mol. The van der Waals surface area contributed by atoms with Crippen LogP contribution in [-0.2, 0) is 0 Å². The van der Waals surface area contributed by atoms with Crippen molar-refractivity contribution in [2.45, 2.75) is 0 Å². The van der Waals surface area contributed by atoms with E-state index in [1.807, 2.05) is 24.3 Å². The molecule has 0 saturated carbocycles. The molecule has 0 radical (unpaired) electrons. The van der Waals surface area contributed by atoms with Gasteiger partial charge in [0.1, 0.15) is 0 Å². The van der Waals surface area contributed by atoms with Crippen LogP contribution in [-0.4, -0.2) is 4.98 Å². The average molecular weight is 400 g/mol. The summed E-state index contributed by atoms with van der Waals surface area (Å²) in [5.41, 5.74) is 5.12. The lowest BCUT2D eigenvalue weighted by atomic mass is 9.96. The second kappa shape index (κ2) is 6.94. The molecule has 5 aromatic rings. The largest absolute Gasteiger partial charge is 0.247 e. The Labute approximate surface area is 173 Å². The highest BCUT2D eigenvalue weighted by molar-refractivity contribution is 6.42. The second-order valence-corrected chi connectivity index (χ2v) is 7.55. The van der Waals surface area contributed by atoms with Crippen LogP contribution in [0.1, 0.15) is 0 Å². The standard InChI is InChI=1S/C25H15Cl2N/c26-22-13-11-18(14-23(22)27)24-15-21(16-6-2-1-3-7-16)20-12-10-17-8-4-5-9-19(17)25(20)28-24/h1-15H. The molecule has 0 bridgehead atoms. The second-order valence-electron chi connectivity index (χ2n) is 6.73. The summed E-state index contributed by atoms with van der Waals surface area (Å²) in [6, 6.07) is 30.8. The van der Waals surface area contributed by atoms with Gasteiger partial charge in [0.25, 0.3) is 0 Å². The van der Waals surface area contributed by atoms with Gasteiger partial charge >= 0.3 is 0 Å². The van der Waals surface area contributed by atoms with Crippen molar-refractivity contribution < 1.29 is 0 Å². The van der Waals surface area contributed by atoms with Crippen molar-refractivity contribution in [3.05, 3.63) is 101 Å². The van der Waals surface area contributed by atoms with Gasteiger partial charge < -0.3 is 0 Å². The normalized spacial score (nSPS) is 11.2. The highest BCUT2D eigenvalue weighted by atomic mass is 35.5. The van der Waals surface area contributed by atoms with Crippen molar-refractivity contribution in [3.8, 4) is 22.4 Å². The Hall–Kier alpha value is -2.87. The molecule has 0 N–H and O–H groups in total. The highest BCUT2D eigenvalue weighted by Gasteiger charge is 2.12.